The van der Waals surface area contributed by atoms with Crippen molar-refractivity contribution in [2.75, 3.05) is 13.1 Å². The van der Waals surface area contributed by atoms with Crippen LogP contribution in [0.5, 0.6) is 0 Å². The van der Waals surface area contributed by atoms with E-state index >= 15 is 0 Å². The van der Waals surface area contributed by atoms with Crippen LogP contribution in [0.2, 0.25) is 0 Å². The van der Waals surface area contributed by atoms with Gasteiger partial charge in [-0.05, 0) is 85.4 Å². The molecule has 1 saturated heterocycles. The number of benzene rings is 2. The molecule has 0 spiro atoms. The lowest BCUT2D eigenvalue weighted by Crippen LogP contribution is -2.42. The lowest BCUT2D eigenvalue weighted by Gasteiger charge is -2.35. The topological polar surface area (TPSA) is 25.2 Å². The average Bonchev–Trinajstić information content (AvgIpc) is 3.01. The second-order valence-corrected chi connectivity index (χ2v) is 9.97. The Bertz CT molecular complexity index is 1070. The molecule has 32 heavy (non-hydrogen) atoms. The van der Waals surface area contributed by atoms with Gasteiger partial charge in [0.2, 0.25) is 0 Å². The molecule has 0 bridgehead atoms. The van der Waals surface area contributed by atoms with Crippen LogP contribution in [0.25, 0.3) is 16.9 Å². The van der Waals surface area contributed by atoms with Crippen molar-refractivity contribution in [3.8, 4) is 16.9 Å². The van der Waals surface area contributed by atoms with E-state index in [0.29, 0.717) is 11.8 Å². The van der Waals surface area contributed by atoms with Crippen LogP contribution in [0.15, 0.2) is 60.7 Å². The number of likely N-dealkylation sites (tertiary alicyclic amines) is 1. The van der Waals surface area contributed by atoms with Gasteiger partial charge in [-0.3, -0.25) is 4.79 Å². The van der Waals surface area contributed by atoms with Crippen molar-refractivity contribution in [3.63, 3.8) is 0 Å². The second-order valence-electron chi connectivity index (χ2n) is 9.97. The summed E-state index contributed by atoms with van der Waals surface area (Å²) in [6, 6.07) is 21.4. The first kappa shape index (κ1) is 21.1. The van der Waals surface area contributed by atoms with Gasteiger partial charge < -0.3 is 9.47 Å². The highest BCUT2D eigenvalue weighted by atomic mass is 16.2. The first-order valence-electron chi connectivity index (χ1n) is 12.3. The Morgan fingerprint density at radius 3 is 2.25 bits per heavy atom. The summed E-state index contributed by atoms with van der Waals surface area (Å²) in [7, 11) is 0. The molecular formula is C29H34N2O. The molecule has 3 aromatic rings. The predicted octanol–water partition coefficient (Wildman–Crippen LogP) is 6.53. The molecule has 0 saturated carbocycles. The largest absolute Gasteiger partial charge is 0.338 e. The molecule has 166 valence electrons. The van der Waals surface area contributed by atoms with Crippen molar-refractivity contribution in [2.24, 2.45) is 11.8 Å². The average molecular weight is 427 g/mol. The summed E-state index contributed by atoms with van der Waals surface area (Å²) in [6.07, 6.45) is 7.30. The van der Waals surface area contributed by atoms with Crippen molar-refractivity contribution in [2.45, 2.75) is 52.4 Å². The van der Waals surface area contributed by atoms with Crippen LogP contribution in [0.3, 0.4) is 0 Å². The number of hydrogen-bond acceptors (Lipinski definition) is 1. The SMILES string of the molecule is C[C@H]1C[C@H](C)CN(C(=O)c2ccc(-n3c(-c4ccccc4)cc4c3CCCCC4)cc2)C1. The van der Waals surface area contributed by atoms with E-state index in [1.807, 2.05) is 17.0 Å². The van der Waals surface area contributed by atoms with Gasteiger partial charge in [0.05, 0.1) is 5.69 Å². The number of hydrogen-bond donors (Lipinski definition) is 0. The molecule has 1 aliphatic carbocycles. The van der Waals surface area contributed by atoms with E-state index in [-0.39, 0.29) is 5.91 Å². The number of carbonyl (C=O) groups is 1. The van der Waals surface area contributed by atoms with Gasteiger partial charge in [0.25, 0.3) is 5.91 Å². The Hall–Kier alpha value is -2.81. The van der Waals surface area contributed by atoms with Crippen molar-refractivity contribution in [3.05, 3.63) is 77.5 Å². The van der Waals surface area contributed by atoms with Crippen LogP contribution < -0.4 is 0 Å². The highest BCUT2D eigenvalue weighted by molar-refractivity contribution is 5.94. The van der Waals surface area contributed by atoms with Crippen molar-refractivity contribution >= 4 is 5.91 Å². The standard InChI is InChI=1S/C29H34N2O/c1-21-17-22(2)20-30(19-21)29(32)24-13-15-26(16-14-24)31-27-12-8-4-7-11-25(27)18-28(31)23-9-5-3-6-10-23/h3,5-6,9-10,13-16,18,21-22H,4,7-8,11-12,17,19-20H2,1-2H3/t21-,22-/m0/s1. The van der Waals surface area contributed by atoms with Gasteiger partial charge in [-0.25, -0.2) is 0 Å². The number of piperidine rings is 1. The Morgan fingerprint density at radius 2 is 1.53 bits per heavy atom. The molecule has 2 heterocycles. The molecule has 1 aliphatic heterocycles. The Morgan fingerprint density at radius 1 is 0.844 bits per heavy atom. The van der Waals surface area contributed by atoms with E-state index < -0.39 is 0 Å². The summed E-state index contributed by atoms with van der Waals surface area (Å²) in [5.41, 5.74) is 7.39. The third-order valence-electron chi connectivity index (χ3n) is 7.15. The Balaban J connectivity index is 1.50. The fourth-order valence-corrected chi connectivity index (χ4v) is 5.76. The normalized spacial score (nSPS) is 21.1. The minimum Gasteiger partial charge on any atom is -0.338 e. The molecule has 0 unspecified atom stereocenters. The first-order chi connectivity index (χ1) is 15.6. The highest BCUT2D eigenvalue weighted by Gasteiger charge is 2.26. The number of amides is 1. The second kappa shape index (κ2) is 8.97. The fraction of sp³-hybridized carbons (Fsp3) is 0.414. The van der Waals surface area contributed by atoms with Crippen LogP contribution in [0, 0.1) is 11.8 Å². The summed E-state index contributed by atoms with van der Waals surface area (Å²) in [6.45, 7) is 6.24. The summed E-state index contributed by atoms with van der Waals surface area (Å²) in [5.74, 6) is 1.32. The highest BCUT2D eigenvalue weighted by Crippen LogP contribution is 2.33. The maximum atomic E-state index is 13.2. The molecule has 2 aromatic carbocycles. The zero-order chi connectivity index (χ0) is 22.1. The maximum absolute atomic E-state index is 13.2. The summed E-state index contributed by atoms with van der Waals surface area (Å²) in [4.78, 5) is 15.2. The zero-order valence-electron chi connectivity index (χ0n) is 19.4. The monoisotopic (exact) mass is 426 g/mol. The van der Waals surface area contributed by atoms with Crippen LogP contribution >= 0.6 is 0 Å². The van der Waals surface area contributed by atoms with E-state index in [0.717, 1.165) is 37.2 Å². The molecule has 1 amide bonds. The number of fused-ring (bicyclic) bond motifs is 1. The van der Waals surface area contributed by atoms with Crippen LogP contribution in [0.1, 0.15) is 61.1 Å². The van der Waals surface area contributed by atoms with Gasteiger partial charge in [-0.1, -0.05) is 50.6 Å². The van der Waals surface area contributed by atoms with Crippen LogP contribution in [-0.2, 0) is 12.8 Å². The molecule has 1 aromatic heterocycles. The van der Waals surface area contributed by atoms with Gasteiger partial charge >= 0.3 is 0 Å². The molecular weight excluding hydrogens is 392 g/mol. The van der Waals surface area contributed by atoms with Crippen molar-refractivity contribution < 1.29 is 4.79 Å². The molecule has 0 N–H and O–H groups in total. The number of nitrogens with zero attached hydrogens (tertiary/aromatic N) is 2. The number of aryl methyl sites for hydroxylation is 1. The Kier molecular flexibility index (Phi) is 5.91. The summed E-state index contributed by atoms with van der Waals surface area (Å²) < 4.78 is 2.44. The molecule has 3 heteroatoms. The number of carbonyl (C=O) groups excluding carboxylic acids is 1. The molecule has 5 rings (SSSR count). The predicted molar refractivity (Wildman–Crippen MR) is 131 cm³/mol. The smallest absolute Gasteiger partial charge is 0.253 e. The van der Waals surface area contributed by atoms with E-state index in [4.69, 9.17) is 0 Å². The lowest BCUT2D eigenvalue weighted by atomic mass is 9.91. The van der Waals surface area contributed by atoms with Crippen molar-refractivity contribution in [1.82, 2.24) is 9.47 Å². The maximum Gasteiger partial charge on any atom is 0.253 e. The van der Waals surface area contributed by atoms with E-state index in [1.165, 1.54) is 48.2 Å². The van der Waals surface area contributed by atoms with Crippen molar-refractivity contribution in [1.29, 1.82) is 0 Å². The van der Waals surface area contributed by atoms with Gasteiger partial charge in [-0.15, -0.1) is 0 Å². The third kappa shape index (κ3) is 4.13. The number of rotatable bonds is 3. The Labute approximate surface area is 192 Å². The molecule has 0 radical (unpaired) electrons. The minimum absolute atomic E-state index is 0.171. The lowest BCUT2D eigenvalue weighted by molar-refractivity contribution is 0.0623. The molecule has 1 fully saturated rings. The van der Waals surface area contributed by atoms with E-state index in [2.05, 4.69) is 66.9 Å². The number of aromatic nitrogens is 1. The molecule has 2 aliphatic rings. The quantitative estimate of drug-likeness (QED) is 0.437. The zero-order valence-corrected chi connectivity index (χ0v) is 19.4. The third-order valence-corrected chi connectivity index (χ3v) is 7.15. The molecule has 3 nitrogen and oxygen atoms in total. The fourth-order valence-electron chi connectivity index (χ4n) is 5.76. The van der Waals surface area contributed by atoms with Crippen LogP contribution in [-0.4, -0.2) is 28.5 Å². The van der Waals surface area contributed by atoms with Gasteiger partial charge in [0.15, 0.2) is 0 Å². The van der Waals surface area contributed by atoms with E-state index in [9.17, 15) is 4.79 Å². The summed E-state index contributed by atoms with van der Waals surface area (Å²) in [5, 5.41) is 0. The van der Waals surface area contributed by atoms with Gasteiger partial charge in [-0.2, -0.15) is 0 Å². The van der Waals surface area contributed by atoms with Gasteiger partial charge in [0, 0.05) is 30.0 Å². The van der Waals surface area contributed by atoms with E-state index in [1.54, 1.807) is 0 Å². The molecule has 2 atom stereocenters. The first-order valence-corrected chi connectivity index (χ1v) is 12.3. The summed E-state index contributed by atoms with van der Waals surface area (Å²) >= 11 is 0. The van der Waals surface area contributed by atoms with Gasteiger partial charge in [0.1, 0.15) is 0 Å². The minimum atomic E-state index is 0.171. The van der Waals surface area contributed by atoms with Crippen LogP contribution in [0.4, 0.5) is 0 Å².